The number of nitrogens with one attached hydrogen (secondary N) is 1. The molecule has 1 aliphatic rings. The van der Waals surface area contributed by atoms with E-state index in [1.165, 1.54) is 0 Å². The topological polar surface area (TPSA) is 41.5 Å². The van der Waals surface area contributed by atoms with Crippen molar-refractivity contribution in [1.29, 1.82) is 0 Å². The number of hydrogen-bond acceptors (Lipinski definition) is 4. The van der Waals surface area contributed by atoms with E-state index < -0.39 is 11.1 Å². The second-order valence-corrected chi connectivity index (χ2v) is 5.00. The number of alkyl halides is 3. The highest BCUT2D eigenvalue weighted by atomic mass is 32.2. The largest absolute Gasteiger partial charge is 0.441 e. The molecule has 0 spiro atoms. The van der Waals surface area contributed by atoms with Crippen molar-refractivity contribution < 1.29 is 23.0 Å². The summed E-state index contributed by atoms with van der Waals surface area (Å²) in [6, 6.07) is 0. The first-order valence-electron chi connectivity index (χ1n) is 5.09. The zero-order chi connectivity index (χ0) is 12.2. The maximum absolute atomic E-state index is 11.8. The Morgan fingerprint density at radius 1 is 1.56 bits per heavy atom. The van der Waals surface area contributed by atoms with Crippen molar-refractivity contribution in [3.63, 3.8) is 0 Å². The lowest BCUT2D eigenvalue weighted by Crippen LogP contribution is -2.46. The minimum Gasteiger partial charge on any atom is -0.386 e. The van der Waals surface area contributed by atoms with Crippen molar-refractivity contribution in [1.82, 2.24) is 5.32 Å². The molecule has 3 nitrogen and oxygen atoms in total. The second kappa shape index (κ2) is 5.57. The van der Waals surface area contributed by atoms with Crippen molar-refractivity contribution in [3.05, 3.63) is 0 Å². The molecule has 1 heterocycles. The highest BCUT2D eigenvalue weighted by Gasteiger charge is 2.39. The SMILES string of the molecule is CC1OCCC1(O)CNCCSC(F)(F)F. The summed E-state index contributed by atoms with van der Waals surface area (Å²) in [5.74, 6) is -0.0468. The molecule has 7 heteroatoms. The average Bonchev–Trinajstić information content (AvgIpc) is 2.45. The van der Waals surface area contributed by atoms with E-state index in [1.54, 1.807) is 6.92 Å². The fourth-order valence-electron chi connectivity index (χ4n) is 1.55. The Morgan fingerprint density at radius 3 is 2.75 bits per heavy atom. The minimum absolute atomic E-state index is 0.0468. The molecule has 1 rings (SSSR count). The molecule has 0 aromatic carbocycles. The van der Waals surface area contributed by atoms with Crippen molar-refractivity contribution in [2.24, 2.45) is 0 Å². The van der Waals surface area contributed by atoms with E-state index in [0.717, 1.165) is 0 Å². The predicted octanol–water partition coefficient (Wildman–Crippen LogP) is 1.37. The lowest BCUT2D eigenvalue weighted by atomic mass is 9.97. The zero-order valence-electron chi connectivity index (χ0n) is 9.01. The van der Waals surface area contributed by atoms with Gasteiger partial charge in [0.25, 0.3) is 0 Å². The number of ether oxygens (including phenoxy) is 1. The van der Waals surface area contributed by atoms with Gasteiger partial charge in [-0.3, -0.25) is 0 Å². The third kappa shape index (κ3) is 4.48. The molecule has 96 valence electrons. The molecule has 0 aromatic rings. The summed E-state index contributed by atoms with van der Waals surface area (Å²) in [4.78, 5) is 0. The number of aliphatic hydroxyl groups is 1. The Bertz CT molecular complexity index is 227. The lowest BCUT2D eigenvalue weighted by Gasteiger charge is -2.26. The van der Waals surface area contributed by atoms with E-state index in [1.807, 2.05) is 0 Å². The van der Waals surface area contributed by atoms with Crippen molar-refractivity contribution in [3.8, 4) is 0 Å². The van der Waals surface area contributed by atoms with Crippen molar-refractivity contribution in [2.75, 3.05) is 25.4 Å². The van der Waals surface area contributed by atoms with Gasteiger partial charge in [-0.15, -0.1) is 0 Å². The van der Waals surface area contributed by atoms with Gasteiger partial charge in [-0.1, -0.05) is 0 Å². The third-order valence-corrected chi connectivity index (χ3v) is 3.37. The second-order valence-electron chi connectivity index (χ2n) is 3.84. The van der Waals surface area contributed by atoms with Gasteiger partial charge in [0.2, 0.25) is 0 Å². The summed E-state index contributed by atoms with van der Waals surface area (Å²) in [5.41, 5.74) is -5.12. The van der Waals surface area contributed by atoms with Crippen LogP contribution in [0.5, 0.6) is 0 Å². The molecule has 0 aromatic heterocycles. The number of thioether (sulfide) groups is 1. The lowest BCUT2D eigenvalue weighted by molar-refractivity contribution is -0.0329. The van der Waals surface area contributed by atoms with E-state index in [4.69, 9.17) is 4.74 Å². The Kier molecular flexibility index (Phi) is 4.90. The first-order chi connectivity index (χ1) is 7.33. The van der Waals surface area contributed by atoms with Crippen LogP contribution in [0.2, 0.25) is 0 Å². The molecule has 0 aliphatic carbocycles. The van der Waals surface area contributed by atoms with Gasteiger partial charge in [0, 0.05) is 31.9 Å². The summed E-state index contributed by atoms with van der Waals surface area (Å²) in [7, 11) is 0. The molecule has 0 radical (unpaired) electrons. The smallest absolute Gasteiger partial charge is 0.386 e. The number of hydrogen-bond donors (Lipinski definition) is 2. The standard InChI is InChI=1S/C9H16F3NO2S/c1-7-8(14,2-4-15-7)6-13-3-5-16-9(10,11)12/h7,13-14H,2-6H2,1H3. The Morgan fingerprint density at radius 2 is 2.25 bits per heavy atom. The van der Waals surface area contributed by atoms with Gasteiger partial charge in [-0.05, 0) is 18.7 Å². The molecule has 2 atom stereocenters. The first-order valence-corrected chi connectivity index (χ1v) is 6.07. The molecular weight excluding hydrogens is 243 g/mol. The maximum Gasteiger partial charge on any atom is 0.441 e. The Labute approximate surface area is 96.7 Å². The Hall–Kier alpha value is 0.0200. The van der Waals surface area contributed by atoms with Gasteiger partial charge in [0.15, 0.2) is 0 Å². The van der Waals surface area contributed by atoms with E-state index >= 15 is 0 Å². The monoisotopic (exact) mass is 259 g/mol. The molecule has 2 unspecified atom stereocenters. The van der Waals surface area contributed by atoms with Crippen LogP contribution in [0.25, 0.3) is 0 Å². The first kappa shape index (κ1) is 14.1. The van der Waals surface area contributed by atoms with Gasteiger partial charge < -0.3 is 15.2 Å². The van der Waals surface area contributed by atoms with Gasteiger partial charge >= 0.3 is 5.51 Å². The van der Waals surface area contributed by atoms with Crippen LogP contribution < -0.4 is 5.32 Å². The average molecular weight is 259 g/mol. The highest BCUT2D eigenvalue weighted by Crippen LogP contribution is 2.29. The van der Waals surface area contributed by atoms with E-state index in [0.29, 0.717) is 13.0 Å². The molecule has 16 heavy (non-hydrogen) atoms. The highest BCUT2D eigenvalue weighted by molar-refractivity contribution is 8.00. The molecule has 0 amide bonds. The third-order valence-electron chi connectivity index (χ3n) is 2.64. The van der Waals surface area contributed by atoms with Crippen LogP contribution in [0.4, 0.5) is 13.2 Å². The fourth-order valence-corrected chi connectivity index (χ4v) is 2.02. The van der Waals surface area contributed by atoms with Crippen LogP contribution in [-0.4, -0.2) is 47.8 Å². The van der Waals surface area contributed by atoms with Crippen LogP contribution in [0, 0.1) is 0 Å². The number of halogens is 3. The molecule has 1 fully saturated rings. The summed E-state index contributed by atoms with van der Waals surface area (Å²) >= 11 is -0.0596. The van der Waals surface area contributed by atoms with Gasteiger partial charge in [-0.2, -0.15) is 13.2 Å². The summed E-state index contributed by atoms with van der Waals surface area (Å²) in [6.45, 7) is 2.75. The van der Waals surface area contributed by atoms with Crippen LogP contribution in [0.1, 0.15) is 13.3 Å². The van der Waals surface area contributed by atoms with Crippen LogP contribution in [0.15, 0.2) is 0 Å². The molecular formula is C9H16F3NO2S. The normalized spacial score (nSPS) is 30.9. The molecule has 0 bridgehead atoms. The molecule has 0 saturated carbocycles. The minimum atomic E-state index is -4.18. The number of rotatable bonds is 5. The van der Waals surface area contributed by atoms with Crippen molar-refractivity contribution in [2.45, 2.75) is 30.6 Å². The predicted molar refractivity (Wildman–Crippen MR) is 56.4 cm³/mol. The molecule has 1 saturated heterocycles. The fraction of sp³-hybridized carbons (Fsp3) is 1.00. The quantitative estimate of drug-likeness (QED) is 0.732. The van der Waals surface area contributed by atoms with Crippen LogP contribution in [0.3, 0.4) is 0 Å². The van der Waals surface area contributed by atoms with E-state index in [-0.39, 0.29) is 36.7 Å². The summed E-state index contributed by atoms with van der Waals surface area (Å²) < 4.78 is 40.6. The summed E-state index contributed by atoms with van der Waals surface area (Å²) in [5, 5.41) is 12.8. The van der Waals surface area contributed by atoms with E-state index in [9.17, 15) is 18.3 Å². The zero-order valence-corrected chi connectivity index (χ0v) is 9.83. The van der Waals surface area contributed by atoms with E-state index in [2.05, 4.69) is 5.32 Å². The molecule has 1 aliphatic heterocycles. The van der Waals surface area contributed by atoms with Gasteiger partial charge in [0.05, 0.1) is 6.10 Å². The molecule has 2 N–H and O–H groups in total. The Balaban J connectivity index is 2.11. The van der Waals surface area contributed by atoms with Crippen LogP contribution in [-0.2, 0) is 4.74 Å². The van der Waals surface area contributed by atoms with Gasteiger partial charge in [0.1, 0.15) is 5.60 Å². The van der Waals surface area contributed by atoms with Crippen LogP contribution >= 0.6 is 11.8 Å². The maximum atomic E-state index is 11.8. The van der Waals surface area contributed by atoms with Crippen molar-refractivity contribution >= 4 is 11.8 Å². The summed E-state index contributed by atoms with van der Waals surface area (Å²) in [6.07, 6.45) is 0.253. The van der Waals surface area contributed by atoms with Gasteiger partial charge in [-0.25, -0.2) is 0 Å².